The summed E-state index contributed by atoms with van der Waals surface area (Å²) in [6.07, 6.45) is 1.35. The molecule has 0 aliphatic rings. The highest BCUT2D eigenvalue weighted by Crippen LogP contribution is 2.21. The number of rotatable bonds is 5. The molecule has 0 radical (unpaired) electrons. The summed E-state index contributed by atoms with van der Waals surface area (Å²) in [5.74, 6) is -1.70. The molecule has 0 heterocycles. The van der Waals surface area contributed by atoms with Crippen LogP contribution in [0.1, 0.15) is 31.4 Å². The SMILES string of the molecule is COC(C)CCC(N)c1cccc(F)c1F. The van der Waals surface area contributed by atoms with E-state index in [4.69, 9.17) is 10.5 Å². The highest BCUT2D eigenvalue weighted by Gasteiger charge is 2.15. The Hall–Kier alpha value is -1.00. The molecular formula is C12H17F2NO. The first kappa shape index (κ1) is 13.1. The highest BCUT2D eigenvalue weighted by atomic mass is 19.2. The van der Waals surface area contributed by atoms with Crippen molar-refractivity contribution in [2.45, 2.75) is 31.9 Å². The van der Waals surface area contributed by atoms with Gasteiger partial charge in [-0.25, -0.2) is 8.78 Å². The predicted molar refractivity (Wildman–Crippen MR) is 59.0 cm³/mol. The van der Waals surface area contributed by atoms with E-state index in [2.05, 4.69) is 0 Å². The van der Waals surface area contributed by atoms with E-state index >= 15 is 0 Å². The minimum Gasteiger partial charge on any atom is -0.382 e. The number of hydrogen-bond donors (Lipinski definition) is 1. The van der Waals surface area contributed by atoms with Crippen LogP contribution in [0.3, 0.4) is 0 Å². The summed E-state index contributed by atoms with van der Waals surface area (Å²) in [6.45, 7) is 1.91. The van der Waals surface area contributed by atoms with Crippen LogP contribution in [0.2, 0.25) is 0 Å². The van der Waals surface area contributed by atoms with Crippen LogP contribution in [0.5, 0.6) is 0 Å². The molecule has 2 nitrogen and oxygen atoms in total. The minimum absolute atomic E-state index is 0.0719. The first-order chi connectivity index (χ1) is 7.56. The Kier molecular flexibility index (Phi) is 4.83. The molecule has 4 heteroatoms. The third kappa shape index (κ3) is 3.25. The third-order valence-corrected chi connectivity index (χ3v) is 2.67. The van der Waals surface area contributed by atoms with Gasteiger partial charge in [0.2, 0.25) is 0 Å². The van der Waals surface area contributed by atoms with Crippen LogP contribution < -0.4 is 5.73 Å². The maximum Gasteiger partial charge on any atom is 0.163 e. The van der Waals surface area contributed by atoms with E-state index in [0.717, 1.165) is 6.07 Å². The molecule has 1 aromatic rings. The van der Waals surface area contributed by atoms with Crippen molar-refractivity contribution in [1.29, 1.82) is 0 Å². The summed E-state index contributed by atoms with van der Waals surface area (Å²) in [4.78, 5) is 0. The van der Waals surface area contributed by atoms with Crippen molar-refractivity contribution in [2.75, 3.05) is 7.11 Å². The molecule has 0 aliphatic carbocycles. The standard InChI is InChI=1S/C12H17F2NO/c1-8(16-2)6-7-11(15)9-4-3-5-10(13)12(9)14/h3-5,8,11H,6-7,15H2,1-2H3. The van der Waals surface area contributed by atoms with Crippen molar-refractivity contribution < 1.29 is 13.5 Å². The van der Waals surface area contributed by atoms with Crippen molar-refractivity contribution in [3.05, 3.63) is 35.4 Å². The van der Waals surface area contributed by atoms with E-state index in [1.165, 1.54) is 12.1 Å². The molecule has 2 atom stereocenters. The summed E-state index contributed by atoms with van der Waals surface area (Å²) in [6, 6.07) is 3.57. The van der Waals surface area contributed by atoms with Gasteiger partial charge in [-0.15, -0.1) is 0 Å². The van der Waals surface area contributed by atoms with Crippen molar-refractivity contribution in [1.82, 2.24) is 0 Å². The van der Waals surface area contributed by atoms with E-state index in [9.17, 15) is 8.78 Å². The molecule has 0 amide bonds. The second-order valence-electron chi connectivity index (χ2n) is 3.87. The fourth-order valence-electron chi connectivity index (χ4n) is 1.49. The maximum absolute atomic E-state index is 13.4. The van der Waals surface area contributed by atoms with Gasteiger partial charge in [0.25, 0.3) is 0 Å². The van der Waals surface area contributed by atoms with Gasteiger partial charge in [0.05, 0.1) is 6.10 Å². The van der Waals surface area contributed by atoms with Crippen LogP contribution in [0, 0.1) is 11.6 Å². The Balaban J connectivity index is 2.66. The molecule has 2 N–H and O–H groups in total. The number of halogens is 2. The third-order valence-electron chi connectivity index (χ3n) is 2.67. The Bertz CT molecular complexity index is 344. The molecule has 0 saturated heterocycles. The highest BCUT2D eigenvalue weighted by molar-refractivity contribution is 5.22. The van der Waals surface area contributed by atoms with Gasteiger partial charge in [-0.2, -0.15) is 0 Å². The van der Waals surface area contributed by atoms with Crippen molar-refractivity contribution in [3.63, 3.8) is 0 Å². The summed E-state index contributed by atoms with van der Waals surface area (Å²) in [7, 11) is 1.61. The average molecular weight is 229 g/mol. The number of nitrogens with two attached hydrogens (primary N) is 1. The molecule has 2 unspecified atom stereocenters. The van der Waals surface area contributed by atoms with Crippen LogP contribution in [0.15, 0.2) is 18.2 Å². The largest absolute Gasteiger partial charge is 0.382 e. The van der Waals surface area contributed by atoms with Crippen molar-refractivity contribution >= 4 is 0 Å². The molecule has 0 spiro atoms. The van der Waals surface area contributed by atoms with Crippen molar-refractivity contribution in [2.24, 2.45) is 5.73 Å². The molecule has 90 valence electrons. The van der Waals surface area contributed by atoms with E-state index < -0.39 is 17.7 Å². The van der Waals surface area contributed by atoms with Gasteiger partial charge in [-0.05, 0) is 25.8 Å². The number of ether oxygens (including phenoxy) is 1. The van der Waals surface area contributed by atoms with Gasteiger partial charge in [-0.1, -0.05) is 12.1 Å². The number of hydrogen-bond acceptors (Lipinski definition) is 2. The fourth-order valence-corrected chi connectivity index (χ4v) is 1.49. The summed E-state index contributed by atoms with van der Waals surface area (Å²) in [5, 5.41) is 0. The molecule has 0 bridgehead atoms. The summed E-state index contributed by atoms with van der Waals surface area (Å²) < 4.78 is 31.4. The van der Waals surface area contributed by atoms with Gasteiger partial charge >= 0.3 is 0 Å². The quantitative estimate of drug-likeness (QED) is 0.842. The van der Waals surface area contributed by atoms with Crippen LogP contribution >= 0.6 is 0 Å². The lowest BCUT2D eigenvalue weighted by Gasteiger charge is -2.15. The Morgan fingerprint density at radius 3 is 2.62 bits per heavy atom. The second kappa shape index (κ2) is 5.92. The van der Waals surface area contributed by atoms with Gasteiger partial charge in [-0.3, -0.25) is 0 Å². The van der Waals surface area contributed by atoms with E-state index in [-0.39, 0.29) is 11.7 Å². The molecule has 16 heavy (non-hydrogen) atoms. The molecule has 1 aromatic carbocycles. The zero-order valence-corrected chi connectivity index (χ0v) is 9.54. The lowest BCUT2D eigenvalue weighted by atomic mass is 10.0. The number of benzene rings is 1. The average Bonchev–Trinajstić information content (AvgIpc) is 2.29. The topological polar surface area (TPSA) is 35.2 Å². The number of methoxy groups -OCH3 is 1. The summed E-state index contributed by atoms with van der Waals surface area (Å²) >= 11 is 0. The van der Waals surface area contributed by atoms with Gasteiger partial charge in [0.1, 0.15) is 0 Å². The zero-order chi connectivity index (χ0) is 12.1. The van der Waals surface area contributed by atoms with E-state index in [1.54, 1.807) is 7.11 Å². The van der Waals surface area contributed by atoms with Gasteiger partial charge in [0, 0.05) is 18.7 Å². The Morgan fingerprint density at radius 2 is 2.00 bits per heavy atom. The van der Waals surface area contributed by atoms with Gasteiger partial charge < -0.3 is 10.5 Å². The minimum atomic E-state index is -0.854. The maximum atomic E-state index is 13.4. The lowest BCUT2D eigenvalue weighted by Crippen LogP contribution is -2.16. The second-order valence-corrected chi connectivity index (χ2v) is 3.87. The van der Waals surface area contributed by atoms with Gasteiger partial charge in [0.15, 0.2) is 11.6 Å². The fraction of sp³-hybridized carbons (Fsp3) is 0.500. The Morgan fingerprint density at radius 1 is 1.31 bits per heavy atom. The smallest absolute Gasteiger partial charge is 0.163 e. The van der Waals surface area contributed by atoms with Crippen molar-refractivity contribution in [3.8, 4) is 0 Å². The van der Waals surface area contributed by atoms with Crippen LogP contribution in [-0.2, 0) is 4.74 Å². The van der Waals surface area contributed by atoms with E-state index in [0.29, 0.717) is 12.8 Å². The normalized spacial score (nSPS) is 14.8. The van der Waals surface area contributed by atoms with Crippen LogP contribution in [0.25, 0.3) is 0 Å². The molecule has 0 fully saturated rings. The molecule has 0 aromatic heterocycles. The van der Waals surface area contributed by atoms with Crippen LogP contribution in [-0.4, -0.2) is 13.2 Å². The zero-order valence-electron chi connectivity index (χ0n) is 9.54. The molecule has 0 aliphatic heterocycles. The lowest BCUT2D eigenvalue weighted by molar-refractivity contribution is 0.107. The van der Waals surface area contributed by atoms with E-state index in [1.807, 2.05) is 6.92 Å². The monoisotopic (exact) mass is 229 g/mol. The molecule has 0 saturated carbocycles. The predicted octanol–water partition coefficient (Wildman–Crippen LogP) is 2.78. The first-order valence-electron chi connectivity index (χ1n) is 5.28. The first-order valence-corrected chi connectivity index (χ1v) is 5.28. The molecular weight excluding hydrogens is 212 g/mol. The Labute approximate surface area is 94.4 Å². The van der Waals surface area contributed by atoms with Crippen LogP contribution in [0.4, 0.5) is 8.78 Å². The summed E-state index contributed by atoms with van der Waals surface area (Å²) in [5.41, 5.74) is 6.03. The molecule has 1 rings (SSSR count).